The van der Waals surface area contributed by atoms with Gasteiger partial charge in [-0.05, 0) is 49.5 Å². The average Bonchev–Trinajstić information content (AvgIpc) is 2.67. The van der Waals surface area contributed by atoms with E-state index in [9.17, 15) is 4.79 Å². The summed E-state index contributed by atoms with van der Waals surface area (Å²) in [7, 11) is 0. The van der Waals surface area contributed by atoms with Crippen LogP contribution in [-0.4, -0.2) is 12.1 Å². The van der Waals surface area contributed by atoms with E-state index < -0.39 is 0 Å². The van der Waals surface area contributed by atoms with Crippen LogP contribution in [0.4, 0.5) is 0 Å². The van der Waals surface area contributed by atoms with Crippen LogP contribution in [0, 0.1) is 22.7 Å². The zero-order chi connectivity index (χ0) is 14.0. The van der Waals surface area contributed by atoms with Crippen LogP contribution >= 0.6 is 0 Å². The van der Waals surface area contributed by atoms with E-state index in [-0.39, 0.29) is 17.5 Å². The van der Waals surface area contributed by atoms with Crippen molar-refractivity contribution in [1.29, 1.82) is 0 Å². The van der Waals surface area contributed by atoms with E-state index in [1.165, 1.54) is 36.8 Å². The zero-order valence-corrected chi connectivity index (χ0v) is 12.9. The molecule has 3 rings (SSSR count). The lowest BCUT2D eigenvalue weighted by Gasteiger charge is -2.51. The van der Waals surface area contributed by atoms with Gasteiger partial charge in [-0.15, -0.1) is 0 Å². The van der Waals surface area contributed by atoms with Crippen molar-refractivity contribution in [2.75, 3.05) is 0 Å². The van der Waals surface area contributed by atoms with E-state index in [1.54, 1.807) is 6.92 Å². The maximum atomic E-state index is 11.5. The molecular weight excluding hydrogens is 236 g/mol. The standard InChI is InChI=1S/C17H26O2/c1-10-8-9-17-11(2)6-7-13(16(17,4)5)15(14(10)17)19-12(3)18/h11,13,15H,6-9H2,1-5H3. The number of esters is 1. The van der Waals surface area contributed by atoms with Gasteiger partial charge in [0.15, 0.2) is 0 Å². The van der Waals surface area contributed by atoms with E-state index in [0.717, 1.165) is 0 Å². The molecule has 0 aromatic carbocycles. The number of carbonyl (C=O) groups is 1. The molecule has 0 saturated heterocycles. The van der Waals surface area contributed by atoms with Crippen molar-refractivity contribution in [2.45, 2.75) is 66.4 Å². The van der Waals surface area contributed by atoms with Crippen molar-refractivity contribution >= 4 is 5.97 Å². The Labute approximate surface area is 116 Å². The maximum Gasteiger partial charge on any atom is 0.303 e. The maximum absolute atomic E-state index is 11.5. The van der Waals surface area contributed by atoms with Gasteiger partial charge in [0, 0.05) is 18.3 Å². The van der Waals surface area contributed by atoms with Gasteiger partial charge < -0.3 is 4.74 Å². The fourth-order valence-corrected chi connectivity index (χ4v) is 5.77. The minimum absolute atomic E-state index is 0.0555. The molecular formula is C17H26O2. The van der Waals surface area contributed by atoms with Gasteiger partial charge in [0.05, 0.1) is 0 Å². The first kappa shape index (κ1) is 13.2. The Morgan fingerprint density at radius 3 is 2.63 bits per heavy atom. The minimum atomic E-state index is -0.122. The predicted molar refractivity (Wildman–Crippen MR) is 75.6 cm³/mol. The number of hydrogen-bond donors (Lipinski definition) is 0. The summed E-state index contributed by atoms with van der Waals surface area (Å²) >= 11 is 0. The second-order valence-electron chi connectivity index (χ2n) is 7.50. The Morgan fingerprint density at radius 1 is 1.32 bits per heavy atom. The molecule has 2 saturated carbocycles. The van der Waals surface area contributed by atoms with Crippen LogP contribution in [0.3, 0.4) is 0 Å². The average molecular weight is 262 g/mol. The molecule has 0 aromatic rings. The monoisotopic (exact) mass is 262 g/mol. The number of ether oxygens (including phenoxy) is 1. The van der Waals surface area contributed by atoms with Crippen LogP contribution in [0.25, 0.3) is 0 Å². The lowest BCUT2D eigenvalue weighted by Crippen LogP contribution is -2.45. The van der Waals surface area contributed by atoms with Crippen LogP contribution < -0.4 is 0 Å². The van der Waals surface area contributed by atoms with Gasteiger partial charge in [-0.2, -0.15) is 0 Å². The predicted octanol–water partition coefficient (Wildman–Crippen LogP) is 4.10. The van der Waals surface area contributed by atoms with E-state index in [1.807, 2.05) is 0 Å². The summed E-state index contributed by atoms with van der Waals surface area (Å²) in [6.07, 6.45) is 4.98. The van der Waals surface area contributed by atoms with Crippen LogP contribution in [0.5, 0.6) is 0 Å². The van der Waals surface area contributed by atoms with Gasteiger partial charge >= 0.3 is 5.97 Å². The van der Waals surface area contributed by atoms with E-state index >= 15 is 0 Å². The molecule has 0 N–H and O–H groups in total. The summed E-state index contributed by atoms with van der Waals surface area (Å²) < 4.78 is 5.79. The number of rotatable bonds is 1. The highest BCUT2D eigenvalue weighted by Crippen LogP contribution is 2.73. The van der Waals surface area contributed by atoms with Crippen molar-refractivity contribution in [3.63, 3.8) is 0 Å². The Bertz CT molecular complexity index is 460. The van der Waals surface area contributed by atoms with Gasteiger partial charge in [-0.25, -0.2) is 0 Å². The molecule has 4 unspecified atom stereocenters. The van der Waals surface area contributed by atoms with Crippen molar-refractivity contribution in [3.8, 4) is 0 Å². The molecule has 106 valence electrons. The Hall–Kier alpha value is -0.790. The van der Waals surface area contributed by atoms with E-state index in [0.29, 0.717) is 17.3 Å². The molecule has 0 radical (unpaired) electrons. The normalized spacial score (nSPS) is 43.3. The molecule has 2 nitrogen and oxygen atoms in total. The molecule has 2 bridgehead atoms. The van der Waals surface area contributed by atoms with Gasteiger partial charge in [0.1, 0.15) is 6.10 Å². The highest BCUT2D eigenvalue weighted by atomic mass is 16.5. The van der Waals surface area contributed by atoms with Crippen LogP contribution in [0.2, 0.25) is 0 Å². The smallest absolute Gasteiger partial charge is 0.303 e. The number of allylic oxidation sites excluding steroid dienone is 1. The molecule has 2 fully saturated rings. The first-order chi connectivity index (χ1) is 8.82. The first-order valence-electron chi connectivity index (χ1n) is 7.69. The van der Waals surface area contributed by atoms with Gasteiger partial charge in [0.2, 0.25) is 0 Å². The number of carbonyl (C=O) groups excluding carboxylic acids is 1. The largest absolute Gasteiger partial charge is 0.458 e. The fraction of sp³-hybridized carbons (Fsp3) is 0.824. The van der Waals surface area contributed by atoms with E-state index in [2.05, 4.69) is 27.7 Å². The summed E-state index contributed by atoms with van der Waals surface area (Å²) in [4.78, 5) is 11.5. The summed E-state index contributed by atoms with van der Waals surface area (Å²) in [6.45, 7) is 11.0. The Balaban J connectivity index is 2.16. The third-order valence-corrected chi connectivity index (χ3v) is 6.61. The number of fused-ring (bicyclic) bond motifs is 1. The third-order valence-electron chi connectivity index (χ3n) is 6.61. The summed E-state index contributed by atoms with van der Waals surface area (Å²) in [6, 6.07) is 0. The van der Waals surface area contributed by atoms with Crippen LogP contribution in [-0.2, 0) is 9.53 Å². The van der Waals surface area contributed by atoms with Crippen molar-refractivity contribution in [2.24, 2.45) is 22.7 Å². The lowest BCUT2D eigenvalue weighted by molar-refractivity contribution is -0.147. The zero-order valence-electron chi connectivity index (χ0n) is 12.9. The SMILES string of the molecule is CC(=O)OC1C2=C(C)CCC23C(C)CCC1C3(C)C. The highest BCUT2D eigenvalue weighted by Gasteiger charge is 2.68. The fourth-order valence-electron chi connectivity index (χ4n) is 5.77. The van der Waals surface area contributed by atoms with Crippen molar-refractivity contribution < 1.29 is 9.53 Å². The van der Waals surface area contributed by atoms with Gasteiger partial charge in [-0.1, -0.05) is 26.3 Å². The topological polar surface area (TPSA) is 26.3 Å². The van der Waals surface area contributed by atoms with Gasteiger partial charge in [0.25, 0.3) is 0 Å². The first-order valence-corrected chi connectivity index (χ1v) is 7.69. The molecule has 1 spiro atoms. The van der Waals surface area contributed by atoms with Crippen molar-refractivity contribution in [3.05, 3.63) is 11.1 Å². The number of hydrogen-bond acceptors (Lipinski definition) is 2. The molecule has 0 amide bonds. The molecule has 0 aromatic heterocycles. The molecule has 3 aliphatic carbocycles. The second-order valence-corrected chi connectivity index (χ2v) is 7.50. The molecule has 2 heteroatoms. The third kappa shape index (κ3) is 1.41. The lowest BCUT2D eigenvalue weighted by atomic mass is 9.53. The molecule has 0 heterocycles. The second kappa shape index (κ2) is 3.86. The summed E-state index contributed by atoms with van der Waals surface area (Å²) in [5, 5.41) is 0. The van der Waals surface area contributed by atoms with Gasteiger partial charge in [-0.3, -0.25) is 4.79 Å². The summed E-state index contributed by atoms with van der Waals surface area (Å²) in [5.74, 6) is 1.10. The molecule has 0 aliphatic heterocycles. The highest BCUT2D eigenvalue weighted by molar-refractivity contribution is 5.67. The van der Waals surface area contributed by atoms with Crippen molar-refractivity contribution in [1.82, 2.24) is 0 Å². The molecule has 19 heavy (non-hydrogen) atoms. The minimum Gasteiger partial charge on any atom is -0.458 e. The Kier molecular flexibility index (Phi) is 2.69. The van der Waals surface area contributed by atoms with Crippen LogP contribution in [0.15, 0.2) is 11.1 Å². The quantitative estimate of drug-likeness (QED) is 0.525. The molecule has 4 atom stereocenters. The van der Waals surface area contributed by atoms with E-state index in [4.69, 9.17) is 4.74 Å². The van der Waals surface area contributed by atoms with Crippen LogP contribution in [0.1, 0.15) is 60.3 Å². The summed E-state index contributed by atoms with van der Waals surface area (Å²) in [5.41, 5.74) is 3.55. The Morgan fingerprint density at radius 2 is 2.00 bits per heavy atom. The molecule has 3 aliphatic rings.